The molecule has 188 valence electrons. The molecule has 2 aromatic carbocycles. The topological polar surface area (TPSA) is 74.1 Å². The van der Waals surface area contributed by atoms with Gasteiger partial charge in [0.1, 0.15) is 17.3 Å². The number of benzene rings is 2. The van der Waals surface area contributed by atoms with Crippen LogP contribution in [0.25, 0.3) is 5.69 Å². The minimum atomic E-state index is -1.61. The highest BCUT2D eigenvalue weighted by Crippen LogP contribution is 2.48. The first kappa shape index (κ1) is 24.0. The Morgan fingerprint density at radius 1 is 1.05 bits per heavy atom. The molecule has 6 rings (SSSR count). The van der Waals surface area contributed by atoms with Crippen molar-refractivity contribution < 1.29 is 18.1 Å². The predicted molar refractivity (Wildman–Crippen MR) is 134 cm³/mol. The third-order valence-corrected chi connectivity index (χ3v) is 8.96. The van der Waals surface area contributed by atoms with Crippen LogP contribution in [0.2, 0.25) is 0 Å². The maximum Gasteiger partial charge on any atom is 0.189 e. The number of ketones is 1. The average molecular weight is 519 g/mol. The van der Waals surface area contributed by atoms with Crippen molar-refractivity contribution in [2.75, 3.05) is 13.1 Å². The molecule has 0 radical (unpaired) electrons. The number of halogens is 2. The molecule has 3 atom stereocenters. The third-order valence-electron chi connectivity index (χ3n) is 7.52. The van der Waals surface area contributed by atoms with Gasteiger partial charge in [0.2, 0.25) is 0 Å². The van der Waals surface area contributed by atoms with E-state index in [0.717, 1.165) is 16.9 Å². The van der Waals surface area contributed by atoms with Gasteiger partial charge >= 0.3 is 0 Å². The van der Waals surface area contributed by atoms with Crippen molar-refractivity contribution in [2.45, 2.75) is 24.2 Å². The number of piperidine rings is 1. The van der Waals surface area contributed by atoms with Crippen LogP contribution in [0.4, 0.5) is 8.78 Å². The van der Waals surface area contributed by atoms with Crippen molar-refractivity contribution in [1.29, 1.82) is 0 Å². The molecule has 2 aliphatic rings. The van der Waals surface area contributed by atoms with Gasteiger partial charge in [-0.3, -0.25) is 9.78 Å². The summed E-state index contributed by atoms with van der Waals surface area (Å²) in [6.45, 7) is 0.766. The van der Waals surface area contributed by atoms with Crippen molar-refractivity contribution in [1.82, 2.24) is 19.1 Å². The van der Waals surface area contributed by atoms with E-state index >= 15 is 0 Å². The second kappa shape index (κ2) is 9.48. The van der Waals surface area contributed by atoms with Gasteiger partial charge in [-0.15, -0.1) is 4.31 Å². The van der Waals surface area contributed by atoms with Crippen LogP contribution in [0, 0.1) is 23.0 Å². The molecule has 1 saturated heterocycles. The Bertz CT molecular complexity index is 1450. The quantitative estimate of drug-likeness (QED) is 0.286. The highest BCUT2D eigenvalue weighted by atomic mass is 32.2. The zero-order chi connectivity index (χ0) is 25.6. The van der Waals surface area contributed by atoms with Gasteiger partial charge in [0.15, 0.2) is 10.7 Å². The molecule has 0 spiro atoms. The Morgan fingerprint density at radius 3 is 2.65 bits per heavy atom. The lowest BCUT2D eigenvalue weighted by molar-refractivity contribution is 0.0394. The van der Waals surface area contributed by atoms with E-state index in [1.807, 2.05) is 4.68 Å². The molecular weight excluding hydrogens is 494 g/mol. The lowest BCUT2D eigenvalue weighted by Gasteiger charge is -2.48. The SMILES string of the molecule is O=C(c1ccccn1)[C@]12Cc3cnn(-c4ccc(F)cc4)c3CC1CCN([S+]([O-])c1cccc(F)c1)C2. The van der Waals surface area contributed by atoms with Crippen molar-refractivity contribution in [3.63, 3.8) is 0 Å². The summed E-state index contributed by atoms with van der Waals surface area (Å²) in [4.78, 5) is 18.8. The lowest BCUT2D eigenvalue weighted by Crippen LogP contribution is -2.57. The van der Waals surface area contributed by atoms with Crippen molar-refractivity contribution in [2.24, 2.45) is 11.3 Å². The zero-order valence-electron chi connectivity index (χ0n) is 19.9. The second-order valence-electron chi connectivity index (χ2n) is 9.64. The summed E-state index contributed by atoms with van der Waals surface area (Å²) in [6.07, 6.45) is 5.02. The number of fused-ring (bicyclic) bond motifs is 2. The molecule has 1 aliphatic carbocycles. The number of hydrogen-bond acceptors (Lipinski definition) is 5. The van der Waals surface area contributed by atoms with Crippen LogP contribution in [0.3, 0.4) is 0 Å². The molecule has 1 fully saturated rings. The van der Waals surface area contributed by atoms with Crippen LogP contribution in [-0.4, -0.2) is 42.5 Å². The van der Waals surface area contributed by atoms with E-state index in [0.29, 0.717) is 36.4 Å². The molecule has 0 bridgehead atoms. The van der Waals surface area contributed by atoms with Crippen molar-refractivity contribution in [3.05, 3.63) is 108 Å². The van der Waals surface area contributed by atoms with Gasteiger partial charge in [-0.2, -0.15) is 5.10 Å². The van der Waals surface area contributed by atoms with E-state index in [-0.39, 0.29) is 24.1 Å². The number of carbonyl (C=O) groups excluding carboxylic acids is 1. The molecule has 2 aromatic heterocycles. The minimum Gasteiger partial charge on any atom is -0.593 e. The Morgan fingerprint density at radius 2 is 1.89 bits per heavy atom. The molecular formula is C28H24F2N4O2S. The summed E-state index contributed by atoms with van der Waals surface area (Å²) in [5, 5.41) is 4.58. The number of aromatic nitrogens is 3. The molecule has 0 N–H and O–H groups in total. The summed E-state index contributed by atoms with van der Waals surface area (Å²) in [5.41, 5.74) is 2.21. The Hall–Kier alpha value is -3.40. The Kier molecular flexibility index (Phi) is 6.14. The van der Waals surface area contributed by atoms with Crippen LogP contribution in [0.15, 0.2) is 84.0 Å². The van der Waals surface area contributed by atoms with Crippen molar-refractivity contribution >= 4 is 17.1 Å². The molecule has 4 aromatic rings. The lowest BCUT2D eigenvalue weighted by atomic mass is 9.60. The number of nitrogens with zero attached hydrogens (tertiary/aromatic N) is 4. The van der Waals surface area contributed by atoms with E-state index in [2.05, 4.69) is 10.1 Å². The largest absolute Gasteiger partial charge is 0.593 e. The van der Waals surface area contributed by atoms with Gasteiger partial charge < -0.3 is 4.55 Å². The van der Waals surface area contributed by atoms with Crippen LogP contribution < -0.4 is 0 Å². The first-order chi connectivity index (χ1) is 17.9. The molecule has 0 saturated carbocycles. The van der Waals surface area contributed by atoms with Crippen LogP contribution in [0.5, 0.6) is 0 Å². The fraction of sp³-hybridized carbons (Fsp3) is 0.250. The van der Waals surface area contributed by atoms with E-state index in [4.69, 9.17) is 0 Å². The molecule has 6 nitrogen and oxygen atoms in total. The fourth-order valence-corrected chi connectivity index (χ4v) is 7.03. The second-order valence-corrected chi connectivity index (χ2v) is 11.1. The van der Waals surface area contributed by atoms with E-state index in [9.17, 15) is 18.1 Å². The Balaban J connectivity index is 1.39. The van der Waals surface area contributed by atoms with Gasteiger partial charge in [0.05, 0.1) is 35.2 Å². The molecule has 0 amide bonds. The minimum absolute atomic E-state index is 0.0360. The maximum absolute atomic E-state index is 14.1. The van der Waals surface area contributed by atoms with E-state index < -0.39 is 22.6 Å². The number of carbonyl (C=O) groups is 1. The van der Waals surface area contributed by atoms with Gasteiger partial charge in [-0.05, 0) is 79.3 Å². The highest BCUT2D eigenvalue weighted by Gasteiger charge is 2.55. The fourth-order valence-electron chi connectivity index (χ4n) is 5.70. The number of hydrogen-bond donors (Lipinski definition) is 0. The summed E-state index contributed by atoms with van der Waals surface area (Å²) in [7, 11) is 0. The molecule has 37 heavy (non-hydrogen) atoms. The summed E-state index contributed by atoms with van der Waals surface area (Å²) >= 11 is -1.61. The van der Waals surface area contributed by atoms with E-state index in [1.165, 1.54) is 24.3 Å². The number of pyridine rings is 1. The highest BCUT2D eigenvalue weighted by molar-refractivity contribution is 7.89. The number of Topliss-reactive ketones (excluding diaryl/α,β-unsaturated/α-hetero) is 1. The standard InChI is InChI=1S/C28H24F2N4O2S/c29-21-7-9-23(10-8-21)34-26-14-20-11-13-33(37(36)24-5-3-4-22(30)15-24)18-28(20,16-19(26)17-32-34)27(35)25-6-1-2-12-31-25/h1-10,12,15,17,20H,11,13-14,16,18H2/t20?,28-,37?/m0/s1. The smallest absolute Gasteiger partial charge is 0.189 e. The summed E-state index contributed by atoms with van der Waals surface area (Å²) in [6, 6.07) is 17.2. The average Bonchev–Trinajstić information content (AvgIpc) is 3.33. The molecule has 1 aliphatic heterocycles. The first-order valence-electron chi connectivity index (χ1n) is 12.1. The third kappa shape index (κ3) is 4.27. The predicted octanol–water partition coefficient (Wildman–Crippen LogP) is 4.56. The maximum atomic E-state index is 14.1. The summed E-state index contributed by atoms with van der Waals surface area (Å²) < 4.78 is 44.5. The first-order valence-corrected chi connectivity index (χ1v) is 13.3. The zero-order valence-corrected chi connectivity index (χ0v) is 20.7. The van der Waals surface area contributed by atoms with Crippen molar-refractivity contribution in [3.8, 4) is 5.69 Å². The van der Waals surface area contributed by atoms with Gasteiger partial charge in [-0.1, -0.05) is 12.1 Å². The van der Waals surface area contributed by atoms with Gasteiger partial charge in [0.25, 0.3) is 0 Å². The monoisotopic (exact) mass is 518 g/mol. The van der Waals surface area contributed by atoms with Gasteiger partial charge in [0, 0.05) is 24.5 Å². The van der Waals surface area contributed by atoms with Crippen LogP contribution in [0.1, 0.15) is 28.2 Å². The summed E-state index contributed by atoms with van der Waals surface area (Å²) in [5.74, 6) is -0.885. The Labute approximate surface area is 216 Å². The normalized spacial score (nSPS) is 22.2. The van der Waals surface area contributed by atoms with E-state index in [1.54, 1.807) is 59.2 Å². The van der Waals surface area contributed by atoms with Crippen LogP contribution in [-0.2, 0) is 24.2 Å². The van der Waals surface area contributed by atoms with Gasteiger partial charge in [-0.25, -0.2) is 13.5 Å². The molecule has 9 heteroatoms. The molecule has 3 heterocycles. The molecule has 2 unspecified atom stereocenters. The van der Waals surface area contributed by atoms with Crippen LogP contribution >= 0.6 is 0 Å². The number of rotatable bonds is 5.